The standard InChI is InChI=1S/C20H36O3/c1-6-8-9-10-11-12-13-14-17-15-16(3)19(4,20(17,5)22)18(21)23-7-2/h15,17,22H,6-14H2,1-5H3/t17-,19-,20-/m1/s1. The Balaban J connectivity index is 2.54. The molecule has 0 spiro atoms. The van der Waals surface area contributed by atoms with Crippen LogP contribution in [0.3, 0.4) is 0 Å². The van der Waals surface area contributed by atoms with Crippen molar-refractivity contribution in [2.24, 2.45) is 11.3 Å². The molecule has 0 bridgehead atoms. The van der Waals surface area contributed by atoms with Gasteiger partial charge < -0.3 is 9.84 Å². The minimum atomic E-state index is -1.06. The van der Waals surface area contributed by atoms with Crippen molar-refractivity contribution in [2.75, 3.05) is 6.61 Å². The minimum Gasteiger partial charge on any atom is -0.465 e. The van der Waals surface area contributed by atoms with Crippen LogP contribution in [0.15, 0.2) is 11.6 Å². The summed E-state index contributed by atoms with van der Waals surface area (Å²) in [5, 5.41) is 11.1. The lowest BCUT2D eigenvalue weighted by molar-refractivity contribution is -0.167. The molecule has 134 valence electrons. The van der Waals surface area contributed by atoms with Crippen molar-refractivity contribution in [2.45, 2.75) is 91.6 Å². The number of hydrogen-bond acceptors (Lipinski definition) is 3. The third-order valence-electron chi connectivity index (χ3n) is 5.78. The van der Waals surface area contributed by atoms with Gasteiger partial charge in [0.2, 0.25) is 0 Å². The van der Waals surface area contributed by atoms with Gasteiger partial charge in [0.25, 0.3) is 0 Å². The van der Waals surface area contributed by atoms with Crippen molar-refractivity contribution in [3.63, 3.8) is 0 Å². The zero-order valence-corrected chi connectivity index (χ0v) is 15.8. The van der Waals surface area contributed by atoms with Crippen LogP contribution in [0.1, 0.15) is 86.0 Å². The highest BCUT2D eigenvalue weighted by Crippen LogP contribution is 2.51. The molecule has 0 aromatic rings. The molecule has 3 nitrogen and oxygen atoms in total. The quantitative estimate of drug-likeness (QED) is 0.348. The SMILES string of the molecule is CCCCCCCCC[C@@H]1C=C(C)[C@](C)(C(=O)OCC)[C@]1(C)O. The lowest BCUT2D eigenvalue weighted by Crippen LogP contribution is -2.51. The van der Waals surface area contributed by atoms with Crippen LogP contribution in [-0.2, 0) is 9.53 Å². The van der Waals surface area contributed by atoms with Crippen LogP contribution in [0.5, 0.6) is 0 Å². The summed E-state index contributed by atoms with van der Waals surface area (Å²) >= 11 is 0. The van der Waals surface area contributed by atoms with E-state index >= 15 is 0 Å². The van der Waals surface area contributed by atoms with Gasteiger partial charge in [-0.3, -0.25) is 4.79 Å². The molecule has 1 rings (SSSR count). The highest BCUT2D eigenvalue weighted by Gasteiger charge is 2.58. The van der Waals surface area contributed by atoms with Crippen LogP contribution in [0.4, 0.5) is 0 Å². The molecule has 0 saturated heterocycles. The molecule has 1 N–H and O–H groups in total. The molecule has 0 heterocycles. The Morgan fingerprint density at radius 1 is 1.13 bits per heavy atom. The van der Waals surface area contributed by atoms with Crippen molar-refractivity contribution in [1.29, 1.82) is 0 Å². The average Bonchev–Trinajstić information content (AvgIpc) is 2.68. The Bertz CT molecular complexity index is 411. The second-order valence-electron chi connectivity index (χ2n) is 7.36. The monoisotopic (exact) mass is 324 g/mol. The Morgan fingerprint density at radius 3 is 2.26 bits per heavy atom. The number of carbonyl (C=O) groups is 1. The van der Waals surface area contributed by atoms with E-state index in [1.165, 1.54) is 38.5 Å². The van der Waals surface area contributed by atoms with E-state index in [1.807, 2.05) is 13.8 Å². The minimum absolute atomic E-state index is 0.0348. The van der Waals surface area contributed by atoms with Gasteiger partial charge in [-0.05, 0) is 34.1 Å². The molecular weight excluding hydrogens is 288 g/mol. The van der Waals surface area contributed by atoms with E-state index in [0.717, 1.165) is 18.4 Å². The molecule has 0 fully saturated rings. The van der Waals surface area contributed by atoms with Gasteiger partial charge in [-0.2, -0.15) is 0 Å². The second kappa shape index (κ2) is 8.86. The number of esters is 1. The summed E-state index contributed by atoms with van der Waals surface area (Å²) in [4.78, 5) is 12.4. The Hall–Kier alpha value is -0.830. The van der Waals surface area contributed by atoms with Gasteiger partial charge in [0.1, 0.15) is 5.41 Å². The first-order chi connectivity index (χ1) is 10.8. The summed E-state index contributed by atoms with van der Waals surface area (Å²) in [5.74, 6) is -0.270. The second-order valence-corrected chi connectivity index (χ2v) is 7.36. The number of rotatable bonds is 10. The number of aliphatic hydroxyl groups is 1. The molecule has 0 amide bonds. The van der Waals surface area contributed by atoms with Crippen LogP contribution in [-0.4, -0.2) is 23.3 Å². The van der Waals surface area contributed by atoms with Crippen LogP contribution in [0, 0.1) is 11.3 Å². The van der Waals surface area contributed by atoms with Crippen molar-refractivity contribution < 1.29 is 14.6 Å². The van der Waals surface area contributed by atoms with E-state index < -0.39 is 11.0 Å². The van der Waals surface area contributed by atoms with Gasteiger partial charge in [-0.15, -0.1) is 0 Å². The van der Waals surface area contributed by atoms with E-state index in [4.69, 9.17) is 4.74 Å². The summed E-state index contributed by atoms with van der Waals surface area (Å²) in [5.41, 5.74) is -1.05. The molecule has 0 aromatic carbocycles. The molecule has 3 atom stereocenters. The van der Waals surface area contributed by atoms with Crippen LogP contribution < -0.4 is 0 Å². The molecule has 1 aliphatic carbocycles. The lowest BCUT2D eigenvalue weighted by atomic mass is 9.69. The van der Waals surface area contributed by atoms with Crippen molar-refractivity contribution in [3.05, 3.63) is 11.6 Å². The summed E-state index contributed by atoms with van der Waals surface area (Å²) in [6.07, 6.45) is 11.9. The topological polar surface area (TPSA) is 46.5 Å². The summed E-state index contributed by atoms with van der Waals surface area (Å²) in [7, 11) is 0. The Kier molecular flexibility index (Phi) is 7.79. The molecule has 0 aliphatic heterocycles. The van der Waals surface area contributed by atoms with Gasteiger partial charge in [-0.25, -0.2) is 0 Å². The van der Waals surface area contributed by atoms with E-state index in [9.17, 15) is 9.90 Å². The first kappa shape index (κ1) is 20.2. The highest BCUT2D eigenvalue weighted by atomic mass is 16.5. The summed E-state index contributed by atoms with van der Waals surface area (Å²) in [6, 6.07) is 0. The third-order valence-corrected chi connectivity index (χ3v) is 5.78. The van der Waals surface area contributed by atoms with Crippen LogP contribution in [0.2, 0.25) is 0 Å². The largest absolute Gasteiger partial charge is 0.465 e. The third kappa shape index (κ3) is 4.37. The summed E-state index contributed by atoms with van der Waals surface area (Å²) < 4.78 is 5.22. The fourth-order valence-corrected chi connectivity index (χ4v) is 3.73. The van der Waals surface area contributed by atoms with E-state index in [-0.39, 0.29) is 11.9 Å². The molecule has 23 heavy (non-hydrogen) atoms. The van der Waals surface area contributed by atoms with E-state index in [0.29, 0.717) is 6.61 Å². The zero-order chi connectivity index (χ0) is 17.5. The van der Waals surface area contributed by atoms with Crippen LogP contribution in [0.25, 0.3) is 0 Å². The fourth-order valence-electron chi connectivity index (χ4n) is 3.73. The molecule has 0 aromatic heterocycles. The lowest BCUT2D eigenvalue weighted by Gasteiger charge is -2.39. The Morgan fingerprint density at radius 2 is 1.70 bits per heavy atom. The first-order valence-corrected chi connectivity index (χ1v) is 9.40. The smallest absolute Gasteiger partial charge is 0.318 e. The van der Waals surface area contributed by atoms with Gasteiger partial charge in [0, 0.05) is 5.92 Å². The molecule has 0 unspecified atom stereocenters. The van der Waals surface area contributed by atoms with Crippen molar-refractivity contribution in [1.82, 2.24) is 0 Å². The normalized spacial score (nSPS) is 30.3. The number of ether oxygens (including phenoxy) is 1. The number of carbonyl (C=O) groups excluding carboxylic acids is 1. The van der Waals surface area contributed by atoms with Gasteiger partial charge in [0.15, 0.2) is 0 Å². The number of unbranched alkanes of at least 4 members (excludes halogenated alkanes) is 6. The van der Waals surface area contributed by atoms with Crippen LogP contribution >= 0.6 is 0 Å². The summed E-state index contributed by atoms with van der Waals surface area (Å²) in [6.45, 7) is 9.94. The molecular formula is C20H36O3. The van der Waals surface area contributed by atoms with Gasteiger partial charge in [-0.1, -0.05) is 63.5 Å². The van der Waals surface area contributed by atoms with E-state index in [2.05, 4.69) is 13.0 Å². The predicted octanol–water partition coefficient (Wildman–Crippen LogP) is 5.02. The molecule has 0 saturated carbocycles. The van der Waals surface area contributed by atoms with Gasteiger partial charge in [0.05, 0.1) is 12.2 Å². The van der Waals surface area contributed by atoms with E-state index in [1.54, 1.807) is 13.8 Å². The highest BCUT2D eigenvalue weighted by molar-refractivity contribution is 5.83. The van der Waals surface area contributed by atoms with Crippen molar-refractivity contribution >= 4 is 5.97 Å². The van der Waals surface area contributed by atoms with Gasteiger partial charge >= 0.3 is 5.97 Å². The maximum Gasteiger partial charge on any atom is 0.318 e. The maximum absolute atomic E-state index is 12.4. The average molecular weight is 325 g/mol. The first-order valence-electron chi connectivity index (χ1n) is 9.40. The molecule has 0 radical (unpaired) electrons. The maximum atomic E-state index is 12.4. The Labute approximate surface area is 142 Å². The zero-order valence-electron chi connectivity index (χ0n) is 15.8. The fraction of sp³-hybridized carbons (Fsp3) is 0.850. The number of hydrogen-bond donors (Lipinski definition) is 1. The molecule has 3 heteroatoms. The molecule has 1 aliphatic rings. The van der Waals surface area contributed by atoms with Crippen molar-refractivity contribution in [3.8, 4) is 0 Å². The predicted molar refractivity (Wildman–Crippen MR) is 95.2 cm³/mol.